The van der Waals surface area contributed by atoms with Crippen LogP contribution in [0.25, 0.3) is 0 Å². The van der Waals surface area contributed by atoms with Crippen molar-refractivity contribution in [2.45, 2.75) is 26.2 Å². The van der Waals surface area contributed by atoms with Crippen molar-refractivity contribution in [3.8, 4) is 0 Å². The first kappa shape index (κ1) is 12.8. The zero-order chi connectivity index (χ0) is 12.6. The standard InChI is InChI=1S/C11H18FNO3S/c1-8-5-10(8)11(14)13-4-2-3-9(6-13)7-17(12,15)16/h8-10H,2-7H2,1H3/t8-,9-,10-/m1/s1. The highest BCUT2D eigenvalue weighted by Crippen LogP contribution is 2.39. The van der Waals surface area contributed by atoms with Gasteiger partial charge in [0.25, 0.3) is 0 Å². The van der Waals surface area contributed by atoms with Crippen molar-refractivity contribution >= 4 is 16.1 Å². The van der Waals surface area contributed by atoms with Gasteiger partial charge in [-0.1, -0.05) is 6.92 Å². The summed E-state index contributed by atoms with van der Waals surface area (Å²) in [5, 5.41) is 0. The number of hydrogen-bond donors (Lipinski definition) is 0. The van der Waals surface area contributed by atoms with Crippen LogP contribution in [-0.4, -0.2) is 38.1 Å². The molecule has 3 atom stereocenters. The number of amides is 1. The molecule has 2 aliphatic rings. The van der Waals surface area contributed by atoms with Gasteiger partial charge in [-0.3, -0.25) is 4.79 Å². The monoisotopic (exact) mass is 263 g/mol. The van der Waals surface area contributed by atoms with E-state index < -0.39 is 16.0 Å². The van der Waals surface area contributed by atoms with E-state index in [0.717, 1.165) is 12.8 Å². The minimum Gasteiger partial charge on any atom is -0.342 e. The second-order valence-corrected chi connectivity index (χ2v) is 6.73. The molecule has 1 saturated carbocycles. The lowest BCUT2D eigenvalue weighted by atomic mass is 9.99. The smallest absolute Gasteiger partial charge is 0.302 e. The number of likely N-dealkylation sites (tertiary alicyclic amines) is 1. The van der Waals surface area contributed by atoms with Crippen LogP contribution >= 0.6 is 0 Å². The topological polar surface area (TPSA) is 54.5 Å². The van der Waals surface area contributed by atoms with Crippen LogP contribution in [0.2, 0.25) is 0 Å². The molecule has 0 radical (unpaired) electrons. The van der Waals surface area contributed by atoms with Crippen molar-refractivity contribution in [2.24, 2.45) is 17.8 Å². The molecule has 0 spiro atoms. The number of carbonyl (C=O) groups excluding carboxylic acids is 1. The minimum atomic E-state index is -4.43. The highest BCUT2D eigenvalue weighted by atomic mass is 32.3. The molecule has 0 aromatic heterocycles. The third-order valence-corrected chi connectivity index (χ3v) is 4.56. The number of halogens is 1. The molecule has 1 saturated heterocycles. The molecule has 4 nitrogen and oxygen atoms in total. The quantitative estimate of drug-likeness (QED) is 0.718. The van der Waals surface area contributed by atoms with Gasteiger partial charge in [-0.25, -0.2) is 0 Å². The fourth-order valence-electron chi connectivity index (χ4n) is 2.58. The third-order valence-electron chi connectivity index (χ3n) is 3.69. The zero-order valence-electron chi connectivity index (χ0n) is 9.93. The van der Waals surface area contributed by atoms with Crippen LogP contribution in [0.3, 0.4) is 0 Å². The average molecular weight is 263 g/mol. The van der Waals surface area contributed by atoms with Gasteiger partial charge in [0, 0.05) is 19.0 Å². The lowest BCUT2D eigenvalue weighted by molar-refractivity contribution is -0.134. The Bertz CT molecular complexity index is 409. The summed E-state index contributed by atoms with van der Waals surface area (Å²) in [6.07, 6.45) is 2.39. The van der Waals surface area contributed by atoms with Crippen LogP contribution in [0.5, 0.6) is 0 Å². The molecule has 0 aromatic carbocycles. The number of hydrogen-bond acceptors (Lipinski definition) is 3. The number of piperidine rings is 1. The Labute approximate surface area is 101 Å². The Hall–Kier alpha value is -0.650. The van der Waals surface area contributed by atoms with E-state index in [1.165, 1.54) is 0 Å². The molecule has 1 amide bonds. The summed E-state index contributed by atoms with van der Waals surface area (Å²) >= 11 is 0. The van der Waals surface area contributed by atoms with E-state index in [2.05, 4.69) is 0 Å². The molecule has 0 N–H and O–H groups in total. The van der Waals surface area contributed by atoms with Crippen LogP contribution in [0.1, 0.15) is 26.2 Å². The Morgan fingerprint density at radius 2 is 2.12 bits per heavy atom. The van der Waals surface area contributed by atoms with E-state index in [1.807, 2.05) is 6.92 Å². The Kier molecular flexibility index (Phi) is 3.43. The van der Waals surface area contributed by atoms with Gasteiger partial charge in [0.1, 0.15) is 0 Å². The first-order valence-electron chi connectivity index (χ1n) is 6.08. The molecule has 0 unspecified atom stereocenters. The van der Waals surface area contributed by atoms with Gasteiger partial charge in [-0.05, 0) is 31.1 Å². The van der Waals surface area contributed by atoms with E-state index in [9.17, 15) is 17.1 Å². The van der Waals surface area contributed by atoms with Crippen LogP contribution in [0.4, 0.5) is 3.89 Å². The normalized spacial score (nSPS) is 33.5. The molecule has 0 aromatic rings. The molecule has 1 aliphatic carbocycles. The fourth-order valence-corrected chi connectivity index (χ4v) is 3.42. The first-order chi connectivity index (χ1) is 7.87. The lowest BCUT2D eigenvalue weighted by Crippen LogP contribution is -2.42. The largest absolute Gasteiger partial charge is 0.342 e. The maximum absolute atomic E-state index is 12.6. The highest BCUT2D eigenvalue weighted by molar-refractivity contribution is 7.86. The number of rotatable bonds is 3. The molecule has 6 heteroatoms. The van der Waals surface area contributed by atoms with Crippen molar-refractivity contribution in [1.29, 1.82) is 0 Å². The van der Waals surface area contributed by atoms with Crippen molar-refractivity contribution in [3.05, 3.63) is 0 Å². The molecule has 1 heterocycles. The van der Waals surface area contributed by atoms with Crippen molar-refractivity contribution in [2.75, 3.05) is 18.8 Å². The van der Waals surface area contributed by atoms with E-state index in [0.29, 0.717) is 25.4 Å². The molecule has 17 heavy (non-hydrogen) atoms. The van der Waals surface area contributed by atoms with Gasteiger partial charge in [0.15, 0.2) is 0 Å². The maximum atomic E-state index is 12.6. The minimum absolute atomic E-state index is 0.121. The predicted octanol–water partition coefficient (Wildman–Crippen LogP) is 1.18. The number of nitrogens with zero attached hydrogens (tertiary/aromatic N) is 1. The van der Waals surface area contributed by atoms with Crippen molar-refractivity contribution < 1.29 is 17.1 Å². The molecule has 98 valence electrons. The summed E-state index contributed by atoms with van der Waals surface area (Å²) in [7, 11) is -4.43. The van der Waals surface area contributed by atoms with Crippen LogP contribution in [0.15, 0.2) is 0 Å². The molecular weight excluding hydrogens is 245 g/mol. The van der Waals surface area contributed by atoms with Gasteiger partial charge in [0.2, 0.25) is 5.91 Å². The fraction of sp³-hybridized carbons (Fsp3) is 0.909. The Balaban J connectivity index is 1.90. The second-order valence-electron chi connectivity index (χ2n) is 5.32. The van der Waals surface area contributed by atoms with Gasteiger partial charge >= 0.3 is 10.2 Å². The van der Waals surface area contributed by atoms with Crippen molar-refractivity contribution in [3.63, 3.8) is 0 Å². The molecule has 2 fully saturated rings. The van der Waals surface area contributed by atoms with E-state index in [1.54, 1.807) is 4.90 Å². The number of carbonyl (C=O) groups is 1. The van der Waals surface area contributed by atoms with Crippen LogP contribution < -0.4 is 0 Å². The summed E-state index contributed by atoms with van der Waals surface area (Å²) in [5.74, 6) is 0.00974. The Morgan fingerprint density at radius 1 is 1.47 bits per heavy atom. The SMILES string of the molecule is C[C@@H]1C[C@H]1C(=O)N1CCC[C@@H](CS(=O)(=O)F)C1. The molecular formula is C11H18FNO3S. The summed E-state index contributed by atoms with van der Waals surface area (Å²) in [6.45, 7) is 3.12. The zero-order valence-corrected chi connectivity index (χ0v) is 10.7. The van der Waals surface area contributed by atoms with Crippen LogP contribution in [-0.2, 0) is 15.0 Å². The summed E-state index contributed by atoms with van der Waals surface area (Å²) in [6, 6.07) is 0. The summed E-state index contributed by atoms with van der Waals surface area (Å²) in [4.78, 5) is 13.7. The van der Waals surface area contributed by atoms with Gasteiger partial charge in [-0.2, -0.15) is 8.42 Å². The summed E-state index contributed by atoms with van der Waals surface area (Å²) in [5.41, 5.74) is 0. The predicted molar refractivity (Wildman–Crippen MR) is 61.5 cm³/mol. The van der Waals surface area contributed by atoms with E-state index >= 15 is 0 Å². The maximum Gasteiger partial charge on any atom is 0.302 e. The molecule has 0 bridgehead atoms. The second kappa shape index (κ2) is 4.55. The van der Waals surface area contributed by atoms with Gasteiger partial charge in [0.05, 0.1) is 5.75 Å². The Morgan fingerprint density at radius 3 is 2.65 bits per heavy atom. The third kappa shape index (κ3) is 3.40. The average Bonchev–Trinajstić information content (AvgIpc) is 2.92. The van der Waals surface area contributed by atoms with Gasteiger partial charge < -0.3 is 4.90 Å². The summed E-state index contributed by atoms with van der Waals surface area (Å²) < 4.78 is 33.8. The van der Waals surface area contributed by atoms with E-state index in [4.69, 9.17) is 0 Å². The van der Waals surface area contributed by atoms with E-state index in [-0.39, 0.29) is 17.7 Å². The molecule has 1 aliphatic heterocycles. The lowest BCUT2D eigenvalue weighted by Gasteiger charge is -2.32. The van der Waals surface area contributed by atoms with Crippen LogP contribution in [0, 0.1) is 17.8 Å². The van der Waals surface area contributed by atoms with Gasteiger partial charge in [-0.15, -0.1) is 3.89 Å². The van der Waals surface area contributed by atoms with Crippen molar-refractivity contribution in [1.82, 2.24) is 4.90 Å². The first-order valence-corrected chi connectivity index (χ1v) is 7.63. The highest BCUT2D eigenvalue weighted by Gasteiger charge is 2.42. The molecule has 2 rings (SSSR count).